The maximum atomic E-state index is 13.5. The maximum Gasteiger partial charge on any atom is 0.242 e. The first kappa shape index (κ1) is 26.1. The fourth-order valence-corrected chi connectivity index (χ4v) is 5.13. The largest absolute Gasteiger partial charge is 0.357 e. The van der Waals surface area contributed by atoms with Gasteiger partial charge in [0.15, 0.2) is 0 Å². The molecule has 0 radical (unpaired) electrons. The van der Waals surface area contributed by atoms with Gasteiger partial charge in [0.25, 0.3) is 0 Å². The zero-order valence-electron chi connectivity index (χ0n) is 19.3. The van der Waals surface area contributed by atoms with Crippen molar-refractivity contribution in [3.8, 4) is 0 Å². The summed E-state index contributed by atoms with van der Waals surface area (Å²) in [4.78, 5) is 28.2. The molecule has 178 valence electrons. The molecule has 1 atom stereocenters. The summed E-state index contributed by atoms with van der Waals surface area (Å²) in [6.07, 6.45) is 0.436. The molecule has 0 aliphatic rings. The van der Waals surface area contributed by atoms with Crippen LogP contribution in [-0.4, -0.2) is 35.6 Å². The molecule has 1 N–H and O–H groups in total. The predicted octanol–water partition coefficient (Wildman–Crippen LogP) is 5.92. The van der Waals surface area contributed by atoms with Crippen LogP contribution in [-0.2, 0) is 28.3 Å². The molecule has 0 aromatic heterocycles. The number of thioether (sulfide) groups is 1. The Morgan fingerprint density at radius 3 is 2.35 bits per heavy atom. The van der Waals surface area contributed by atoms with Crippen molar-refractivity contribution in [2.45, 2.75) is 31.7 Å². The van der Waals surface area contributed by atoms with Gasteiger partial charge in [-0.05, 0) is 41.3 Å². The van der Waals surface area contributed by atoms with Crippen molar-refractivity contribution in [3.63, 3.8) is 0 Å². The molecule has 3 rings (SSSR count). The molecule has 34 heavy (non-hydrogen) atoms. The summed E-state index contributed by atoms with van der Waals surface area (Å²) in [5, 5.41) is 3.90. The van der Waals surface area contributed by atoms with E-state index < -0.39 is 6.04 Å². The molecule has 0 spiro atoms. The topological polar surface area (TPSA) is 49.4 Å². The van der Waals surface area contributed by atoms with E-state index in [9.17, 15) is 9.59 Å². The van der Waals surface area contributed by atoms with Crippen LogP contribution in [0, 0.1) is 6.92 Å². The minimum absolute atomic E-state index is 0.0946. The average molecular weight is 516 g/mol. The Labute approximate surface area is 215 Å². The van der Waals surface area contributed by atoms with E-state index >= 15 is 0 Å². The lowest BCUT2D eigenvalue weighted by Crippen LogP contribution is -2.50. The van der Waals surface area contributed by atoms with Crippen molar-refractivity contribution in [2.75, 3.05) is 12.8 Å². The van der Waals surface area contributed by atoms with Gasteiger partial charge in [0, 0.05) is 35.8 Å². The van der Waals surface area contributed by atoms with Crippen LogP contribution in [0.2, 0.25) is 10.0 Å². The number of carbonyl (C=O) groups is 2. The number of nitrogens with one attached hydrogen (secondary N) is 1. The van der Waals surface area contributed by atoms with Gasteiger partial charge in [0.1, 0.15) is 6.04 Å². The standard InChI is InChI=1S/C27H28Cl2N2O2S/c1-19-8-6-7-11-21(19)16-31(25(27(33)30-2)14-20-9-4-3-5-10-20)26(32)18-34-17-22-12-13-23(28)15-24(22)29/h3-13,15,25H,14,16-18H2,1-2H3,(H,30,33)/t25-/m1/s1. The van der Waals surface area contributed by atoms with E-state index in [0.29, 0.717) is 28.8 Å². The number of hydrogen-bond acceptors (Lipinski definition) is 3. The molecule has 0 fully saturated rings. The summed E-state index contributed by atoms with van der Waals surface area (Å²) in [5.74, 6) is 0.524. The molecule has 3 aromatic rings. The van der Waals surface area contributed by atoms with Crippen LogP contribution in [0.4, 0.5) is 0 Å². The average Bonchev–Trinajstić information content (AvgIpc) is 2.83. The molecule has 0 heterocycles. The van der Waals surface area contributed by atoms with Gasteiger partial charge < -0.3 is 10.2 Å². The van der Waals surface area contributed by atoms with Crippen LogP contribution in [0.15, 0.2) is 72.8 Å². The minimum atomic E-state index is -0.626. The highest BCUT2D eigenvalue weighted by Crippen LogP contribution is 2.25. The van der Waals surface area contributed by atoms with E-state index in [4.69, 9.17) is 23.2 Å². The summed E-state index contributed by atoms with van der Waals surface area (Å²) >= 11 is 13.7. The van der Waals surface area contributed by atoms with Crippen LogP contribution in [0.3, 0.4) is 0 Å². The Balaban J connectivity index is 1.82. The number of benzene rings is 3. The first-order valence-electron chi connectivity index (χ1n) is 11.0. The Bertz CT molecular complexity index is 1120. The van der Waals surface area contributed by atoms with Crippen LogP contribution in [0.5, 0.6) is 0 Å². The second kappa shape index (κ2) is 12.8. The van der Waals surface area contributed by atoms with Crippen LogP contribution >= 0.6 is 35.0 Å². The SMILES string of the molecule is CNC(=O)[C@@H](Cc1ccccc1)N(Cc1ccccc1C)C(=O)CSCc1ccc(Cl)cc1Cl. The maximum absolute atomic E-state index is 13.5. The minimum Gasteiger partial charge on any atom is -0.357 e. The van der Waals surface area contributed by atoms with E-state index in [1.165, 1.54) is 11.8 Å². The monoisotopic (exact) mass is 514 g/mol. The quantitative estimate of drug-likeness (QED) is 0.365. The number of likely N-dealkylation sites (N-methyl/N-ethyl adjacent to an activating group) is 1. The fourth-order valence-electron chi connectivity index (χ4n) is 3.66. The highest BCUT2D eigenvalue weighted by Gasteiger charge is 2.30. The number of carbonyl (C=O) groups excluding carboxylic acids is 2. The molecule has 0 aliphatic heterocycles. The van der Waals surface area contributed by atoms with Crippen molar-refractivity contribution in [1.82, 2.24) is 10.2 Å². The number of nitrogens with zero attached hydrogens (tertiary/aromatic N) is 1. The second-order valence-corrected chi connectivity index (χ2v) is 9.83. The number of halogens is 2. The molecule has 7 heteroatoms. The summed E-state index contributed by atoms with van der Waals surface area (Å²) in [6.45, 7) is 2.38. The molecule has 4 nitrogen and oxygen atoms in total. The lowest BCUT2D eigenvalue weighted by Gasteiger charge is -2.31. The number of hydrogen-bond donors (Lipinski definition) is 1. The fraction of sp³-hybridized carbons (Fsp3) is 0.259. The van der Waals surface area contributed by atoms with Gasteiger partial charge in [-0.15, -0.1) is 11.8 Å². The van der Waals surface area contributed by atoms with Crippen molar-refractivity contribution in [3.05, 3.63) is 105 Å². The molecule has 0 aliphatic carbocycles. The van der Waals surface area contributed by atoms with Gasteiger partial charge in [-0.1, -0.05) is 83.9 Å². The molecule has 0 bridgehead atoms. The smallest absolute Gasteiger partial charge is 0.242 e. The Morgan fingerprint density at radius 1 is 0.971 bits per heavy atom. The van der Waals surface area contributed by atoms with Gasteiger partial charge in [0.05, 0.1) is 5.75 Å². The highest BCUT2D eigenvalue weighted by molar-refractivity contribution is 7.99. The third-order valence-electron chi connectivity index (χ3n) is 5.62. The van der Waals surface area contributed by atoms with Crippen molar-refractivity contribution < 1.29 is 9.59 Å². The molecule has 0 saturated heterocycles. The summed E-state index contributed by atoms with van der Waals surface area (Å²) in [6, 6.07) is 22.4. The third-order valence-corrected chi connectivity index (χ3v) is 7.17. The molecule has 0 unspecified atom stereocenters. The van der Waals surface area contributed by atoms with Crippen LogP contribution < -0.4 is 5.32 Å². The summed E-state index contributed by atoms with van der Waals surface area (Å²) < 4.78 is 0. The first-order chi connectivity index (χ1) is 16.4. The van der Waals surface area contributed by atoms with Crippen LogP contribution in [0.25, 0.3) is 0 Å². The summed E-state index contributed by atoms with van der Waals surface area (Å²) in [5.41, 5.74) is 4.01. The van der Waals surface area contributed by atoms with E-state index in [0.717, 1.165) is 22.3 Å². The predicted molar refractivity (Wildman–Crippen MR) is 142 cm³/mol. The van der Waals surface area contributed by atoms with E-state index in [2.05, 4.69) is 5.32 Å². The van der Waals surface area contributed by atoms with Gasteiger partial charge >= 0.3 is 0 Å². The number of rotatable bonds is 10. The lowest BCUT2D eigenvalue weighted by atomic mass is 10.0. The first-order valence-corrected chi connectivity index (χ1v) is 12.9. The molecule has 2 amide bonds. The molecular weight excluding hydrogens is 487 g/mol. The van der Waals surface area contributed by atoms with Crippen molar-refractivity contribution in [1.29, 1.82) is 0 Å². The second-order valence-electron chi connectivity index (χ2n) is 8.00. The molecular formula is C27H28Cl2N2O2S. The van der Waals surface area contributed by atoms with E-state index in [-0.39, 0.29) is 17.6 Å². The van der Waals surface area contributed by atoms with E-state index in [1.807, 2.05) is 67.6 Å². The van der Waals surface area contributed by atoms with E-state index in [1.54, 1.807) is 24.1 Å². The van der Waals surface area contributed by atoms with Gasteiger partial charge in [-0.3, -0.25) is 9.59 Å². The number of amides is 2. The lowest BCUT2D eigenvalue weighted by molar-refractivity contribution is -0.139. The zero-order chi connectivity index (χ0) is 24.5. The van der Waals surface area contributed by atoms with Crippen molar-refractivity contribution >= 4 is 46.8 Å². The highest BCUT2D eigenvalue weighted by atomic mass is 35.5. The Morgan fingerprint density at radius 2 is 1.68 bits per heavy atom. The Hall–Kier alpha value is -2.47. The Kier molecular flexibility index (Phi) is 9.87. The third kappa shape index (κ3) is 7.26. The summed E-state index contributed by atoms with van der Waals surface area (Å²) in [7, 11) is 1.61. The number of aryl methyl sites for hydroxylation is 1. The normalized spacial score (nSPS) is 11.6. The van der Waals surface area contributed by atoms with Gasteiger partial charge in [-0.25, -0.2) is 0 Å². The van der Waals surface area contributed by atoms with Crippen molar-refractivity contribution in [2.24, 2.45) is 0 Å². The van der Waals surface area contributed by atoms with Gasteiger partial charge in [0.2, 0.25) is 11.8 Å². The molecule has 3 aromatic carbocycles. The molecule has 0 saturated carbocycles. The zero-order valence-corrected chi connectivity index (χ0v) is 21.6. The van der Waals surface area contributed by atoms with Crippen LogP contribution in [0.1, 0.15) is 22.3 Å². The van der Waals surface area contributed by atoms with Gasteiger partial charge in [-0.2, -0.15) is 0 Å².